The van der Waals surface area contributed by atoms with Crippen molar-refractivity contribution in [3.63, 3.8) is 0 Å². The third-order valence-electron chi connectivity index (χ3n) is 3.21. The van der Waals surface area contributed by atoms with Crippen molar-refractivity contribution in [2.24, 2.45) is 0 Å². The van der Waals surface area contributed by atoms with E-state index in [1.54, 1.807) is 18.2 Å². The highest BCUT2D eigenvalue weighted by Crippen LogP contribution is 2.38. The van der Waals surface area contributed by atoms with Gasteiger partial charge in [0.05, 0.1) is 16.5 Å². The summed E-state index contributed by atoms with van der Waals surface area (Å²) in [5, 5.41) is 18.5. The van der Waals surface area contributed by atoms with E-state index in [4.69, 9.17) is 22.1 Å². The van der Waals surface area contributed by atoms with Crippen LogP contribution in [0.25, 0.3) is 6.08 Å². The van der Waals surface area contributed by atoms with E-state index in [2.05, 4.69) is 15.9 Å². The minimum atomic E-state index is -0.906. The zero-order valence-corrected chi connectivity index (χ0v) is 15.8. The van der Waals surface area contributed by atoms with Crippen molar-refractivity contribution in [2.75, 3.05) is 13.7 Å². The fourth-order valence-corrected chi connectivity index (χ4v) is 3.83. The molecular formula is C15H14BrNO5S2. The molecule has 0 saturated carbocycles. The topological polar surface area (TPSA) is 87.1 Å². The largest absolute Gasteiger partial charge is 0.503 e. The average molecular weight is 432 g/mol. The number of aromatic hydroxyl groups is 1. The summed E-state index contributed by atoms with van der Waals surface area (Å²) in [7, 11) is 1.44. The molecule has 1 heterocycles. The number of amides is 1. The average Bonchev–Trinajstić information content (AvgIpc) is 2.77. The van der Waals surface area contributed by atoms with Crippen LogP contribution >= 0.6 is 39.9 Å². The standard InChI is InChI=1S/C15H14BrNO5S2/c1-22-10-6-8(5-9(16)13(10)20)7-11-14(21)17(15(23)24-11)4-2-3-12(18)19/h5-7,20H,2-4H2,1H3,(H,18,19)/b11-7-. The second kappa shape index (κ2) is 8.00. The number of rotatable bonds is 6. The smallest absolute Gasteiger partial charge is 0.303 e. The number of carbonyl (C=O) groups is 2. The zero-order valence-electron chi connectivity index (χ0n) is 12.6. The Hall–Kier alpha value is -1.58. The molecule has 2 rings (SSSR count). The van der Waals surface area contributed by atoms with Crippen molar-refractivity contribution in [1.82, 2.24) is 4.90 Å². The molecule has 0 bridgehead atoms. The number of hydrogen-bond donors (Lipinski definition) is 2. The maximum Gasteiger partial charge on any atom is 0.303 e. The van der Waals surface area contributed by atoms with Gasteiger partial charge in [0.1, 0.15) is 4.32 Å². The zero-order chi connectivity index (χ0) is 17.9. The van der Waals surface area contributed by atoms with Crippen molar-refractivity contribution in [3.05, 3.63) is 27.1 Å². The summed E-state index contributed by atoms with van der Waals surface area (Å²) >= 11 is 9.58. The van der Waals surface area contributed by atoms with Crippen molar-refractivity contribution >= 4 is 62.2 Å². The van der Waals surface area contributed by atoms with Crippen LogP contribution in [-0.2, 0) is 9.59 Å². The SMILES string of the molecule is COc1cc(/C=C2\SC(=S)N(CCCC(=O)O)C2=O)cc(Br)c1O. The molecule has 0 atom stereocenters. The Balaban J connectivity index is 2.19. The van der Waals surface area contributed by atoms with Crippen LogP contribution in [0, 0.1) is 0 Å². The van der Waals surface area contributed by atoms with Gasteiger partial charge in [-0.1, -0.05) is 24.0 Å². The van der Waals surface area contributed by atoms with Gasteiger partial charge < -0.3 is 14.9 Å². The number of carboxylic acids is 1. The predicted octanol–water partition coefficient (Wildman–Crippen LogP) is 3.23. The van der Waals surface area contributed by atoms with Crippen LogP contribution in [0.15, 0.2) is 21.5 Å². The lowest BCUT2D eigenvalue weighted by Gasteiger charge is -2.13. The van der Waals surface area contributed by atoms with E-state index in [-0.39, 0.29) is 30.4 Å². The van der Waals surface area contributed by atoms with E-state index in [1.165, 1.54) is 12.0 Å². The number of carbonyl (C=O) groups excluding carboxylic acids is 1. The van der Waals surface area contributed by atoms with Gasteiger partial charge in [-0.25, -0.2) is 0 Å². The number of nitrogens with zero attached hydrogens (tertiary/aromatic N) is 1. The molecule has 1 aliphatic rings. The molecule has 0 spiro atoms. The Morgan fingerprint density at radius 2 is 2.21 bits per heavy atom. The molecule has 2 N–H and O–H groups in total. The van der Waals surface area contributed by atoms with Crippen molar-refractivity contribution < 1.29 is 24.5 Å². The fourth-order valence-electron chi connectivity index (χ4n) is 2.07. The molecular weight excluding hydrogens is 418 g/mol. The van der Waals surface area contributed by atoms with E-state index in [0.717, 1.165) is 11.8 Å². The number of thiocarbonyl (C=S) groups is 1. The normalized spacial score (nSPS) is 16.1. The van der Waals surface area contributed by atoms with Gasteiger partial charge in [-0.15, -0.1) is 0 Å². The highest BCUT2D eigenvalue weighted by atomic mass is 79.9. The van der Waals surface area contributed by atoms with Gasteiger partial charge >= 0.3 is 5.97 Å². The Labute approximate surface area is 156 Å². The number of methoxy groups -OCH3 is 1. The summed E-state index contributed by atoms with van der Waals surface area (Å²) in [4.78, 5) is 24.8. The summed E-state index contributed by atoms with van der Waals surface area (Å²) in [5.41, 5.74) is 0.669. The van der Waals surface area contributed by atoms with Gasteiger partial charge in [0.2, 0.25) is 0 Å². The number of phenolic OH excluding ortho intramolecular Hbond substituents is 1. The van der Waals surface area contributed by atoms with Crippen molar-refractivity contribution in [1.29, 1.82) is 0 Å². The number of thioether (sulfide) groups is 1. The second-order valence-electron chi connectivity index (χ2n) is 4.88. The highest BCUT2D eigenvalue weighted by Gasteiger charge is 2.31. The van der Waals surface area contributed by atoms with Crippen LogP contribution in [0.4, 0.5) is 0 Å². The van der Waals surface area contributed by atoms with E-state index in [9.17, 15) is 14.7 Å². The number of phenols is 1. The van der Waals surface area contributed by atoms with Crippen LogP contribution in [0.1, 0.15) is 18.4 Å². The summed E-state index contributed by atoms with van der Waals surface area (Å²) in [6.07, 6.45) is 1.98. The van der Waals surface area contributed by atoms with Gasteiger partial charge in [-0.2, -0.15) is 0 Å². The monoisotopic (exact) mass is 431 g/mol. The predicted molar refractivity (Wildman–Crippen MR) is 99.1 cm³/mol. The minimum absolute atomic E-state index is 0.0157. The third-order valence-corrected chi connectivity index (χ3v) is 5.20. The Bertz CT molecular complexity index is 735. The Kier molecular flexibility index (Phi) is 6.25. The maximum atomic E-state index is 12.4. The first-order valence-electron chi connectivity index (χ1n) is 6.87. The van der Waals surface area contributed by atoms with Gasteiger partial charge in [-0.3, -0.25) is 14.5 Å². The molecule has 1 aromatic rings. The van der Waals surface area contributed by atoms with Crippen molar-refractivity contribution in [2.45, 2.75) is 12.8 Å². The minimum Gasteiger partial charge on any atom is -0.503 e. The Morgan fingerprint density at radius 3 is 2.83 bits per heavy atom. The molecule has 1 aromatic carbocycles. The molecule has 9 heteroatoms. The highest BCUT2D eigenvalue weighted by molar-refractivity contribution is 9.10. The first kappa shape index (κ1) is 18.8. The molecule has 1 amide bonds. The van der Waals surface area contributed by atoms with E-state index < -0.39 is 5.97 Å². The molecule has 24 heavy (non-hydrogen) atoms. The lowest BCUT2D eigenvalue weighted by Crippen LogP contribution is -2.29. The summed E-state index contributed by atoms with van der Waals surface area (Å²) in [6.45, 7) is 0.275. The van der Waals surface area contributed by atoms with Crippen LogP contribution in [0.2, 0.25) is 0 Å². The summed E-state index contributed by atoms with van der Waals surface area (Å²) in [6, 6.07) is 3.27. The number of aliphatic carboxylic acids is 1. The van der Waals surface area contributed by atoms with E-state index in [0.29, 0.717) is 25.7 Å². The van der Waals surface area contributed by atoms with Crippen molar-refractivity contribution in [3.8, 4) is 11.5 Å². The summed E-state index contributed by atoms with van der Waals surface area (Å²) in [5.74, 6) is -0.890. The van der Waals surface area contributed by atoms with Crippen LogP contribution in [-0.4, -0.2) is 45.0 Å². The van der Waals surface area contributed by atoms with Crippen LogP contribution < -0.4 is 4.74 Å². The number of ether oxygens (including phenoxy) is 1. The molecule has 0 aliphatic carbocycles. The van der Waals surface area contributed by atoms with Crippen LogP contribution in [0.5, 0.6) is 11.5 Å². The molecule has 0 unspecified atom stereocenters. The number of carboxylic acid groups (broad SMARTS) is 1. The number of benzene rings is 1. The van der Waals surface area contributed by atoms with Crippen LogP contribution in [0.3, 0.4) is 0 Å². The lowest BCUT2D eigenvalue weighted by atomic mass is 10.2. The lowest BCUT2D eigenvalue weighted by molar-refractivity contribution is -0.137. The molecule has 128 valence electrons. The fraction of sp³-hybridized carbons (Fsp3) is 0.267. The third kappa shape index (κ3) is 4.28. The summed E-state index contributed by atoms with van der Waals surface area (Å²) < 4.78 is 5.94. The van der Waals surface area contributed by atoms with Gasteiger partial charge in [0, 0.05) is 13.0 Å². The molecule has 1 aliphatic heterocycles. The van der Waals surface area contributed by atoms with E-state index >= 15 is 0 Å². The molecule has 1 saturated heterocycles. The Morgan fingerprint density at radius 1 is 1.50 bits per heavy atom. The molecule has 6 nitrogen and oxygen atoms in total. The molecule has 0 radical (unpaired) electrons. The molecule has 0 aromatic heterocycles. The first-order valence-corrected chi connectivity index (χ1v) is 8.89. The van der Waals surface area contributed by atoms with Gasteiger partial charge in [-0.05, 0) is 46.1 Å². The number of halogens is 1. The second-order valence-corrected chi connectivity index (χ2v) is 7.41. The first-order chi connectivity index (χ1) is 11.3. The van der Waals surface area contributed by atoms with E-state index in [1.807, 2.05) is 0 Å². The quantitative estimate of drug-likeness (QED) is 0.527. The van der Waals surface area contributed by atoms with Gasteiger partial charge in [0.15, 0.2) is 11.5 Å². The molecule has 1 fully saturated rings. The maximum absolute atomic E-state index is 12.4. The number of hydrogen-bond acceptors (Lipinski definition) is 6. The van der Waals surface area contributed by atoms with Gasteiger partial charge in [0.25, 0.3) is 5.91 Å².